The summed E-state index contributed by atoms with van der Waals surface area (Å²) in [5.74, 6) is 3.58. The van der Waals surface area contributed by atoms with Crippen LogP contribution < -0.4 is 0 Å². The number of fused-ring (bicyclic) bond motifs is 5. The van der Waals surface area contributed by atoms with Gasteiger partial charge in [-0.3, -0.25) is 4.79 Å². The van der Waals surface area contributed by atoms with E-state index in [-0.39, 0.29) is 28.6 Å². The Morgan fingerprint density at radius 3 is 2.24 bits per heavy atom. The number of halogens is 1. The van der Waals surface area contributed by atoms with Crippen LogP contribution in [-0.2, 0) is 4.79 Å². The van der Waals surface area contributed by atoms with Crippen LogP contribution in [0.1, 0.15) is 99.3 Å². The third kappa shape index (κ3) is 4.20. The van der Waals surface area contributed by atoms with Crippen LogP contribution in [0.15, 0.2) is 0 Å². The first-order valence-electron chi connectivity index (χ1n) is 14.0. The molecule has 12 atom stereocenters. The van der Waals surface area contributed by atoms with Crippen molar-refractivity contribution < 1.29 is 15.0 Å². The summed E-state index contributed by atoms with van der Waals surface area (Å²) in [6.45, 7) is 13.5. The molecular weight excluding hydrogens is 476 g/mol. The molecule has 0 aromatic heterocycles. The predicted octanol–water partition coefficient (Wildman–Crippen LogP) is 6.63. The average molecular weight is 526 g/mol. The van der Waals surface area contributed by atoms with Crippen LogP contribution in [0.4, 0.5) is 0 Å². The second-order valence-electron chi connectivity index (χ2n) is 13.4. The van der Waals surface area contributed by atoms with Crippen LogP contribution in [-0.4, -0.2) is 33.0 Å². The van der Waals surface area contributed by atoms with Crippen LogP contribution in [0.25, 0.3) is 0 Å². The number of carbonyl (C=O) groups excluding carboxylic acids is 1. The Morgan fingerprint density at radius 1 is 0.970 bits per heavy atom. The Hall–Kier alpha value is 0.0700. The molecule has 0 unspecified atom stereocenters. The minimum atomic E-state index is -0.667. The van der Waals surface area contributed by atoms with Gasteiger partial charge in [0.15, 0.2) is 0 Å². The Labute approximate surface area is 211 Å². The molecule has 0 bridgehead atoms. The molecule has 0 spiro atoms. The lowest BCUT2D eigenvalue weighted by Crippen LogP contribution is -2.57. The van der Waals surface area contributed by atoms with E-state index in [0.29, 0.717) is 40.2 Å². The number of ketones is 1. The fourth-order valence-electron chi connectivity index (χ4n) is 9.81. The van der Waals surface area contributed by atoms with E-state index in [2.05, 4.69) is 57.5 Å². The number of hydrogen-bond acceptors (Lipinski definition) is 3. The SMILES string of the molecule is CC[C@@H](C(C)C)[C@H](O)[C@@H](O)[C@@H](C)[C@H]1CC[C@H]2[C@@H]3CC(=O)[C@H]4C[C@@H](Br)CC[C@]4(C)[C@H]3CC[C@]12C. The molecule has 4 rings (SSSR count). The molecule has 4 heteroatoms. The normalized spacial score (nSPS) is 46.8. The Balaban J connectivity index is 1.54. The number of aliphatic hydroxyl groups excluding tert-OH is 2. The van der Waals surface area contributed by atoms with Gasteiger partial charge in [-0.15, -0.1) is 0 Å². The van der Waals surface area contributed by atoms with E-state index in [1.54, 1.807) is 0 Å². The first kappa shape index (κ1) is 26.1. The van der Waals surface area contributed by atoms with Gasteiger partial charge in [-0.25, -0.2) is 0 Å². The molecule has 4 fully saturated rings. The number of Topliss-reactive ketones (excluding diaryl/α,β-unsaturated/α-hetero) is 1. The smallest absolute Gasteiger partial charge is 0.136 e. The molecule has 3 nitrogen and oxygen atoms in total. The zero-order valence-electron chi connectivity index (χ0n) is 21.9. The molecular formula is C29H49BrO3. The minimum absolute atomic E-state index is 0.0887. The zero-order chi connectivity index (χ0) is 24.3. The molecule has 4 saturated carbocycles. The first-order valence-corrected chi connectivity index (χ1v) is 14.9. The van der Waals surface area contributed by atoms with Gasteiger partial charge in [-0.05, 0) is 97.2 Å². The molecule has 2 N–H and O–H groups in total. The lowest BCUT2D eigenvalue weighted by molar-refractivity contribution is -0.155. The standard InChI is InChI=1S/C29H49BrO3/c1-7-19(16(2)3)27(33)26(32)17(4)21-8-9-22-20-15-25(31)24-14-18(30)10-12-29(24,6)23(20)11-13-28(21,22)5/h16-24,26-27,32-33H,7-15H2,1-6H3/t17-,18-,19-,20-,21+,22-,23-,24+,26-,27-,28+,29+/m0/s1. The molecule has 190 valence electrons. The maximum absolute atomic E-state index is 13.4. The summed E-state index contributed by atoms with van der Waals surface area (Å²) in [7, 11) is 0. The van der Waals surface area contributed by atoms with Gasteiger partial charge in [-0.2, -0.15) is 0 Å². The molecule has 0 radical (unpaired) electrons. The Bertz CT molecular complexity index is 724. The maximum atomic E-state index is 13.4. The summed E-state index contributed by atoms with van der Waals surface area (Å²) in [6.07, 6.45) is 8.53. The van der Waals surface area contributed by atoms with E-state index in [4.69, 9.17) is 0 Å². The number of alkyl halides is 1. The molecule has 0 saturated heterocycles. The van der Waals surface area contributed by atoms with Crippen molar-refractivity contribution in [2.75, 3.05) is 0 Å². The summed E-state index contributed by atoms with van der Waals surface area (Å²) in [6, 6.07) is 0. The van der Waals surface area contributed by atoms with E-state index < -0.39 is 12.2 Å². The van der Waals surface area contributed by atoms with Gasteiger partial charge < -0.3 is 10.2 Å². The van der Waals surface area contributed by atoms with Crippen molar-refractivity contribution in [3.63, 3.8) is 0 Å². The van der Waals surface area contributed by atoms with Crippen LogP contribution in [0.5, 0.6) is 0 Å². The van der Waals surface area contributed by atoms with E-state index in [9.17, 15) is 15.0 Å². The lowest BCUT2D eigenvalue weighted by atomic mass is 9.44. The van der Waals surface area contributed by atoms with Crippen molar-refractivity contribution in [1.82, 2.24) is 0 Å². The Morgan fingerprint density at radius 2 is 1.61 bits per heavy atom. The van der Waals surface area contributed by atoms with Gasteiger partial charge in [0.2, 0.25) is 0 Å². The van der Waals surface area contributed by atoms with Gasteiger partial charge in [0, 0.05) is 17.2 Å². The maximum Gasteiger partial charge on any atom is 0.136 e. The molecule has 4 aliphatic rings. The fourth-order valence-corrected chi connectivity index (χ4v) is 10.4. The summed E-state index contributed by atoms with van der Waals surface area (Å²) in [4.78, 5) is 13.9. The quantitative estimate of drug-likeness (QED) is 0.383. The number of rotatable bonds is 6. The van der Waals surface area contributed by atoms with Crippen molar-refractivity contribution in [3.8, 4) is 0 Å². The first-order chi connectivity index (χ1) is 15.5. The number of aliphatic hydroxyl groups is 2. The van der Waals surface area contributed by atoms with Gasteiger partial charge in [0.05, 0.1) is 12.2 Å². The number of carbonyl (C=O) groups is 1. The topological polar surface area (TPSA) is 57.5 Å². The minimum Gasteiger partial charge on any atom is -0.390 e. The van der Waals surface area contributed by atoms with Crippen molar-refractivity contribution in [2.24, 2.45) is 58.2 Å². The summed E-state index contributed by atoms with van der Waals surface area (Å²) in [5, 5.41) is 22.4. The van der Waals surface area contributed by atoms with Crippen LogP contribution >= 0.6 is 15.9 Å². The van der Waals surface area contributed by atoms with Crippen LogP contribution in [0.2, 0.25) is 0 Å². The van der Waals surface area contributed by atoms with Crippen molar-refractivity contribution in [3.05, 3.63) is 0 Å². The van der Waals surface area contributed by atoms with Gasteiger partial charge in [0.25, 0.3) is 0 Å². The molecule has 0 aliphatic heterocycles. The molecule has 0 heterocycles. The number of hydrogen-bond donors (Lipinski definition) is 2. The van der Waals surface area contributed by atoms with Crippen molar-refractivity contribution >= 4 is 21.7 Å². The summed E-state index contributed by atoms with van der Waals surface area (Å²) >= 11 is 3.82. The molecule has 33 heavy (non-hydrogen) atoms. The van der Waals surface area contributed by atoms with E-state index >= 15 is 0 Å². The van der Waals surface area contributed by atoms with E-state index in [1.165, 1.54) is 32.1 Å². The molecule has 0 amide bonds. The second kappa shape index (κ2) is 9.51. The van der Waals surface area contributed by atoms with Gasteiger partial charge in [0.1, 0.15) is 5.78 Å². The highest BCUT2D eigenvalue weighted by Crippen LogP contribution is 2.68. The van der Waals surface area contributed by atoms with E-state index in [1.807, 2.05) is 0 Å². The molecule has 4 aliphatic carbocycles. The van der Waals surface area contributed by atoms with Gasteiger partial charge in [-0.1, -0.05) is 63.9 Å². The zero-order valence-corrected chi connectivity index (χ0v) is 23.5. The van der Waals surface area contributed by atoms with Crippen molar-refractivity contribution in [1.29, 1.82) is 0 Å². The third-order valence-electron chi connectivity index (χ3n) is 11.8. The molecule has 0 aromatic rings. The largest absolute Gasteiger partial charge is 0.390 e. The summed E-state index contributed by atoms with van der Waals surface area (Å²) in [5.41, 5.74) is 0.355. The lowest BCUT2D eigenvalue weighted by Gasteiger charge is -2.60. The van der Waals surface area contributed by atoms with Gasteiger partial charge >= 0.3 is 0 Å². The van der Waals surface area contributed by atoms with Crippen LogP contribution in [0, 0.1) is 58.2 Å². The Kier molecular flexibility index (Phi) is 7.53. The van der Waals surface area contributed by atoms with E-state index in [0.717, 1.165) is 25.7 Å². The molecule has 0 aromatic carbocycles. The third-order valence-corrected chi connectivity index (χ3v) is 12.6. The average Bonchev–Trinajstić information content (AvgIpc) is 3.11. The van der Waals surface area contributed by atoms with Crippen molar-refractivity contribution in [2.45, 2.75) is 116 Å². The summed E-state index contributed by atoms with van der Waals surface area (Å²) < 4.78 is 0. The monoisotopic (exact) mass is 524 g/mol. The highest BCUT2D eigenvalue weighted by atomic mass is 79.9. The second-order valence-corrected chi connectivity index (χ2v) is 14.7. The highest BCUT2D eigenvalue weighted by Gasteiger charge is 2.62. The highest BCUT2D eigenvalue weighted by molar-refractivity contribution is 9.09. The predicted molar refractivity (Wildman–Crippen MR) is 138 cm³/mol. The van der Waals surface area contributed by atoms with Crippen LogP contribution in [0.3, 0.4) is 0 Å². The fraction of sp³-hybridized carbons (Fsp3) is 0.966.